The number of halogens is 2. The van der Waals surface area contributed by atoms with Crippen LogP contribution in [0, 0.1) is 12.7 Å². The topological polar surface area (TPSA) is 51.8 Å². The van der Waals surface area contributed by atoms with E-state index < -0.39 is 5.82 Å². The Morgan fingerprint density at radius 3 is 2.89 bits per heavy atom. The first-order chi connectivity index (χ1) is 8.58. The minimum atomic E-state index is -0.416. The number of nitrogens with zero attached hydrogens (tertiary/aromatic N) is 2. The van der Waals surface area contributed by atoms with Crippen LogP contribution in [-0.2, 0) is 6.42 Å². The first-order valence-corrected chi connectivity index (χ1v) is 5.93. The Labute approximate surface area is 110 Å². The molecule has 0 spiro atoms. The second kappa shape index (κ2) is 5.42. The predicted molar refractivity (Wildman–Crippen MR) is 68.8 cm³/mol. The standard InChI is InChI=1S/C13H13ClFN3/c1-8-17-6-5-12(18-8)11(16)7-9-3-2-4-10(14)13(9)15/h2-6,11H,7,16H2,1H3. The van der Waals surface area contributed by atoms with Crippen LogP contribution >= 0.6 is 11.6 Å². The summed E-state index contributed by atoms with van der Waals surface area (Å²) in [5.41, 5.74) is 7.20. The third-order valence-corrected chi connectivity index (χ3v) is 2.94. The molecule has 0 radical (unpaired) electrons. The Morgan fingerprint density at radius 1 is 1.39 bits per heavy atom. The summed E-state index contributed by atoms with van der Waals surface area (Å²) >= 11 is 5.73. The van der Waals surface area contributed by atoms with Crippen LogP contribution in [0.1, 0.15) is 23.1 Å². The summed E-state index contributed by atoms with van der Waals surface area (Å²) in [5, 5.41) is 0.110. The highest BCUT2D eigenvalue weighted by molar-refractivity contribution is 6.30. The number of hydrogen-bond donors (Lipinski definition) is 1. The molecule has 0 aliphatic rings. The van der Waals surface area contributed by atoms with Gasteiger partial charge < -0.3 is 5.73 Å². The average Bonchev–Trinajstić information content (AvgIpc) is 2.35. The van der Waals surface area contributed by atoms with E-state index >= 15 is 0 Å². The smallest absolute Gasteiger partial charge is 0.145 e. The van der Waals surface area contributed by atoms with Gasteiger partial charge in [0.15, 0.2) is 0 Å². The lowest BCUT2D eigenvalue weighted by molar-refractivity contribution is 0.589. The second-order valence-corrected chi connectivity index (χ2v) is 4.46. The Kier molecular flexibility index (Phi) is 3.89. The van der Waals surface area contributed by atoms with Gasteiger partial charge >= 0.3 is 0 Å². The molecule has 2 rings (SSSR count). The predicted octanol–water partition coefficient (Wildman–Crippen LogP) is 2.82. The van der Waals surface area contributed by atoms with Gasteiger partial charge in [-0.1, -0.05) is 23.7 Å². The van der Waals surface area contributed by atoms with Crippen molar-refractivity contribution in [3.05, 3.63) is 58.4 Å². The van der Waals surface area contributed by atoms with Crippen molar-refractivity contribution in [2.45, 2.75) is 19.4 Å². The first kappa shape index (κ1) is 12.9. The SMILES string of the molecule is Cc1nccc(C(N)Cc2cccc(Cl)c2F)n1. The highest BCUT2D eigenvalue weighted by Gasteiger charge is 2.13. The molecule has 2 aromatic rings. The molecule has 0 amide bonds. The second-order valence-electron chi connectivity index (χ2n) is 4.05. The fraction of sp³-hybridized carbons (Fsp3) is 0.231. The molecule has 1 aromatic heterocycles. The van der Waals surface area contributed by atoms with Crippen molar-refractivity contribution in [2.75, 3.05) is 0 Å². The lowest BCUT2D eigenvalue weighted by Gasteiger charge is -2.12. The Balaban J connectivity index is 2.21. The molecule has 0 saturated carbocycles. The minimum Gasteiger partial charge on any atom is -0.322 e. The molecule has 0 aliphatic heterocycles. The lowest BCUT2D eigenvalue weighted by atomic mass is 10.0. The number of nitrogens with two attached hydrogens (primary N) is 1. The fourth-order valence-corrected chi connectivity index (χ4v) is 1.92. The summed E-state index contributed by atoms with van der Waals surface area (Å²) in [6.07, 6.45) is 1.99. The van der Waals surface area contributed by atoms with Gasteiger partial charge in [0, 0.05) is 6.20 Å². The van der Waals surface area contributed by atoms with Gasteiger partial charge in [-0.05, 0) is 31.0 Å². The van der Waals surface area contributed by atoms with Crippen LogP contribution in [0.25, 0.3) is 0 Å². The van der Waals surface area contributed by atoms with Gasteiger partial charge in [-0.2, -0.15) is 0 Å². The monoisotopic (exact) mass is 265 g/mol. The first-order valence-electron chi connectivity index (χ1n) is 5.56. The van der Waals surface area contributed by atoms with Crippen LogP contribution in [0.2, 0.25) is 5.02 Å². The van der Waals surface area contributed by atoms with Gasteiger partial charge in [-0.15, -0.1) is 0 Å². The molecule has 94 valence electrons. The van der Waals surface area contributed by atoms with Crippen LogP contribution in [0.3, 0.4) is 0 Å². The average molecular weight is 266 g/mol. The number of benzene rings is 1. The molecule has 3 nitrogen and oxygen atoms in total. The molecule has 0 saturated heterocycles. The van der Waals surface area contributed by atoms with Gasteiger partial charge in [0.2, 0.25) is 0 Å². The molecule has 0 fully saturated rings. The van der Waals surface area contributed by atoms with Crippen LogP contribution < -0.4 is 5.73 Å². The van der Waals surface area contributed by atoms with Crippen molar-refractivity contribution < 1.29 is 4.39 Å². The van der Waals surface area contributed by atoms with Crippen LogP contribution in [0.15, 0.2) is 30.5 Å². The lowest BCUT2D eigenvalue weighted by Crippen LogP contribution is -2.16. The van der Waals surface area contributed by atoms with E-state index in [4.69, 9.17) is 17.3 Å². The van der Waals surface area contributed by atoms with Gasteiger partial charge in [0.1, 0.15) is 11.6 Å². The van der Waals surface area contributed by atoms with Crippen molar-refractivity contribution >= 4 is 11.6 Å². The number of aromatic nitrogens is 2. The molecule has 0 aliphatic carbocycles. The maximum absolute atomic E-state index is 13.7. The zero-order valence-electron chi connectivity index (χ0n) is 9.90. The Morgan fingerprint density at radius 2 is 2.17 bits per heavy atom. The quantitative estimate of drug-likeness (QED) is 0.928. The minimum absolute atomic E-state index is 0.110. The zero-order chi connectivity index (χ0) is 13.1. The summed E-state index contributed by atoms with van der Waals surface area (Å²) in [5.74, 6) is 0.231. The largest absolute Gasteiger partial charge is 0.322 e. The number of hydrogen-bond acceptors (Lipinski definition) is 3. The molecule has 5 heteroatoms. The van der Waals surface area contributed by atoms with E-state index in [0.29, 0.717) is 23.5 Å². The molecular formula is C13H13ClFN3. The maximum atomic E-state index is 13.7. The summed E-state index contributed by atoms with van der Waals surface area (Å²) in [6.45, 7) is 1.79. The Bertz CT molecular complexity index is 560. The van der Waals surface area contributed by atoms with E-state index in [1.54, 1.807) is 31.3 Å². The molecule has 18 heavy (non-hydrogen) atoms. The van der Waals surface area contributed by atoms with Crippen molar-refractivity contribution in [2.24, 2.45) is 5.73 Å². The summed E-state index contributed by atoms with van der Waals surface area (Å²) < 4.78 is 13.7. The molecule has 0 bridgehead atoms. The normalized spacial score (nSPS) is 12.4. The summed E-state index contributed by atoms with van der Waals surface area (Å²) in [4.78, 5) is 8.23. The highest BCUT2D eigenvalue weighted by atomic mass is 35.5. The summed E-state index contributed by atoms with van der Waals surface area (Å²) in [6, 6.07) is 6.26. The van der Waals surface area contributed by atoms with Crippen LogP contribution in [0.5, 0.6) is 0 Å². The number of aryl methyl sites for hydroxylation is 1. The Hall–Kier alpha value is -1.52. The molecule has 2 N–H and O–H groups in total. The summed E-state index contributed by atoms with van der Waals surface area (Å²) in [7, 11) is 0. The van der Waals surface area contributed by atoms with Crippen molar-refractivity contribution in [1.82, 2.24) is 9.97 Å². The van der Waals surface area contributed by atoms with Crippen LogP contribution in [0.4, 0.5) is 4.39 Å². The molecule has 1 heterocycles. The highest BCUT2D eigenvalue weighted by Crippen LogP contribution is 2.22. The van der Waals surface area contributed by atoms with Crippen LogP contribution in [-0.4, -0.2) is 9.97 Å². The molecule has 1 aromatic carbocycles. The van der Waals surface area contributed by atoms with Gasteiger partial charge in [-0.3, -0.25) is 0 Å². The third-order valence-electron chi connectivity index (χ3n) is 2.65. The molecular weight excluding hydrogens is 253 g/mol. The van der Waals surface area contributed by atoms with E-state index in [0.717, 1.165) is 0 Å². The zero-order valence-corrected chi connectivity index (χ0v) is 10.7. The van der Waals surface area contributed by atoms with E-state index in [2.05, 4.69) is 9.97 Å². The van der Waals surface area contributed by atoms with E-state index in [-0.39, 0.29) is 11.1 Å². The van der Waals surface area contributed by atoms with Crippen molar-refractivity contribution in [3.8, 4) is 0 Å². The fourth-order valence-electron chi connectivity index (χ4n) is 1.73. The van der Waals surface area contributed by atoms with Gasteiger partial charge in [-0.25, -0.2) is 14.4 Å². The maximum Gasteiger partial charge on any atom is 0.145 e. The van der Waals surface area contributed by atoms with Crippen molar-refractivity contribution in [3.63, 3.8) is 0 Å². The van der Waals surface area contributed by atoms with E-state index in [1.807, 2.05) is 0 Å². The van der Waals surface area contributed by atoms with Crippen molar-refractivity contribution in [1.29, 1.82) is 0 Å². The number of rotatable bonds is 3. The van der Waals surface area contributed by atoms with Gasteiger partial charge in [0.05, 0.1) is 16.8 Å². The van der Waals surface area contributed by atoms with E-state index in [1.165, 1.54) is 6.07 Å². The third kappa shape index (κ3) is 2.83. The molecule has 1 atom stereocenters. The van der Waals surface area contributed by atoms with E-state index in [9.17, 15) is 4.39 Å². The molecule has 1 unspecified atom stereocenters. The van der Waals surface area contributed by atoms with Gasteiger partial charge in [0.25, 0.3) is 0 Å².